The van der Waals surface area contributed by atoms with Gasteiger partial charge < -0.3 is 4.98 Å². The monoisotopic (exact) mass is 310 g/mol. The average Bonchev–Trinajstić information content (AvgIpc) is 3.23. The zero-order chi connectivity index (χ0) is 15.8. The van der Waals surface area contributed by atoms with E-state index in [9.17, 15) is 4.39 Å². The molecule has 0 radical (unpaired) electrons. The normalized spacial score (nSPS) is 11.4. The van der Waals surface area contributed by atoms with Crippen molar-refractivity contribution >= 4 is 11.2 Å². The van der Waals surface area contributed by atoms with Gasteiger partial charge in [-0.05, 0) is 18.6 Å². The molecule has 7 heteroatoms. The topological polar surface area (TPSA) is 75.2 Å². The predicted octanol–water partition coefficient (Wildman–Crippen LogP) is 3.37. The van der Waals surface area contributed by atoms with Crippen molar-refractivity contribution in [2.45, 2.75) is 19.9 Å². The zero-order valence-electron chi connectivity index (χ0n) is 12.5. The molecule has 0 amide bonds. The molecule has 116 valence electrons. The van der Waals surface area contributed by atoms with Gasteiger partial charge in [-0.3, -0.25) is 5.10 Å². The molecule has 4 aromatic rings. The van der Waals surface area contributed by atoms with Crippen molar-refractivity contribution in [2.24, 2.45) is 0 Å². The van der Waals surface area contributed by atoms with E-state index in [2.05, 4.69) is 32.2 Å². The molecule has 0 fully saturated rings. The summed E-state index contributed by atoms with van der Waals surface area (Å²) in [5, 5.41) is 11.3. The molecule has 0 aliphatic rings. The smallest absolute Gasteiger partial charge is 0.176 e. The van der Waals surface area contributed by atoms with E-state index in [4.69, 9.17) is 0 Å². The SMILES string of the molecule is CCCn1ncc2[nH]c(-c3cn[nH]c3-c3cccc(F)c3)nc21. The van der Waals surface area contributed by atoms with Crippen LogP contribution in [0.25, 0.3) is 33.8 Å². The second-order valence-electron chi connectivity index (χ2n) is 5.36. The lowest BCUT2D eigenvalue weighted by molar-refractivity contribution is 0.617. The van der Waals surface area contributed by atoms with E-state index in [0.29, 0.717) is 5.82 Å². The summed E-state index contributed by atoms with van der Waals surface area (Å²) in [7, 11) is 0. The number of rotatable bonds is 4. The third-order valence-electron chi connectivity index (χ3n) is 3.73. The summed E-state index contributed by atoms with van der Waals surface area (Å²) in [6.07, 6.45) is 4.44. The molecule has 0 bridgehead atoms. The maximum atomic E-state index is 13.5. The lowest BCUT2D eigenvalue weighted by atomic mass is 10.1. The number of nitrogens with one attached hydrogen (secondary N) is 2. The molecule has 3 heterocycles. The average molecular weight is 310 g/mol. The van der Waals surface area contributed by atoms with E-state index in [0.717, 1.165) is 41.0 Å². The summed E-state index contributed by atoms with van der Waals surface area (Å²) in [6.45, 7) is 2.91. The summed E-state index contributed by atoms with van der Waals surface area (Å²) in [6, 6.07) is 6.40. The number of benzene rings is 1. The molecule has 0 atom stereocenters. The Bertz CT molecular complexity index is 964. The second-order valence-corrected chi connectivity index (χ2v) is 5.36. The quantitative estimate of drug-likeness (QED) is 0.607. The fourth-order valence-corrected chi connectivity index (χ4v) is 2.68. The van der Waals surface area contributed by atoms with Crippen LogP contribution in [-0.4, -0.2) is 29.9 Å². The highest BCUT2D eigenvalue weighted by Crippen LogP contribution is 2.29. The molecule has 3 aromatic heterocycles. The Balaban J connectivity index is 1.81. The number of hydrogen-bond acceptors (Lipinski definition) is 3. The molecule has 6 nitrogen and oxygen atoms in total. The molecule has 0 aliphatic carbocycles. The largest absolute Gasteiger partial charge is 0.335 e. The molecule has 0 spiro atoms. The van der Waals surface area contributed by atoms with Gasteiger partial charge in [0.15, 0.2) is 5.65 Å². The van der Waals surface area contributed by atoms with Crippen molar-refractivity contribution in [1.29, 1.82) is 0 Å². The highest BCUT2D eigenvalue weighted by molar-refractivity contribution is 5.82. The van der Waals surface area contributed by atoms with Crippen molar-refractivity contribution in [3.63, 3.8) is 0 Å². The van der Waals surface area contributed by atoms with Crippen LogP contribution in [0.5, 0.6) is 0 Å². The van der Waals surface area contributed by atoms with Crippen LogP contribution in [0.4, 0.5) is 4.39 Å². The van der Waals surface area contributed by atoms with Gasteiger partial charge in [0, 0.05) is 12.1 Å². The van der Waals surface area contributed by atoms with Crippen molar-refractivity contribution < 1.29 is 4.39 Å². The molecular weight excluding hydrogens is 295 g/mol. The second kappa shape index (κ2) is 5.35. The first kappa shape index (κ1) is 13.7. The predicted molar refractivity (Wildman–Crippen MR) is 85.1 cm³/mol. The highest BCUT2D eigenvalue weighted by Gasteiger charge is 2.16. The van der Waals surface area contributed by atoms with Gasteiger partial charge in [0.25, 0.3) is 0 Å². The van der Waals surface area contributed by atoms with Gasteiger partial charge >= 0.3 is 0 Å². The van der Waals surface area contributed by atoms with Gasteiger partial charge in [-0.25, -0.2) is 14.1 Å². The fraction of sp³-hybridized carbons (Fsp3) is 0.188. The maximum absolute atomic E-state index is 13.5. The zero-order valence-corrected chi connectivity index (χ0v) is 12.5. The minimum Gasteiger partial charge on any atom is -0.335 e. The van der Waals surface area contributed by atoms with Gasteiger partial charge in [-0.1, -0.05) is 19.1 Å². The van der Waals surface area contributed by atoms with Crippen LogP contribution in [0.15, 0.2) is 36.7 Å². The molecule has 4 rings (SSSR count). The Morgan fingerprint density at radius 2 is 2.17 bits per heavy atom. The standard InChI is InChI=1S/C16H15FN6/c1-2-6-23-16-13(9-19-23)20-15(21-16)12-8-18-22-14(12)10-4-3-5-11(17)7-10/h3-5,7-9H,2,6H2,1H3,(H,18,22)(H,20,21). The number of aryl methyl sites for hydroxylation is 1. The first-order valence-electron chi connectivity index (χ1n) is 7.47. The molecule has 2 N–H and O–H groups in total. The number of imidazole rings is 1. The van der Waals surface area contributed by atoms with Crippen molar-refractivity contribution in [2.75, 3.05) is 0 Å². The number of halogens is 1. The molecule has 0 saturated heterocycles. The number of fused-ring (bicyclic) bond motifs is 1. The first-order chi connectivity index (χ1) is 11.3. The van der Waals surface area contributed by atoms with E-state index in [1.54, 1.807) is 18.5 Å². The van der Waals surface area contributed by atoms with Crippen molar-refractivity contribution in [3.8, 4) is 22.6 Å². The van der Waals surface area contributed by atoms with Gasteiger partial charge in [0.2, 0.25) is 0 Å². The van der Waals surface area contributed by atoms with Crippen LogP contribution in [0.2, 0.25) is 0 Å². The van der Waals surface area contributed by atoms with Gasteiger partial charge in [-0.15, -0.1) is 0 Å². The Labute approximate surface area is 131 Å². The van der Waals surface area contributed by atoms with Crippen LogP contribution >= 0.6 is 0 Å². The van der Waals surface area contributed by atoms with Gasteiger partial charge in [0.1, 0.15) is 17.2 Å². The third kappa shape index (κ3) is 2.30. The lowest BCUT2D eigenvalue weighted by Crippen LogP contribution is -1.98. The Kier molecular flexibility index (Phi) is 3.18. The van der Waals surface area contributed by atoms with Crippen LogP contribution < -0.4 is 0 Å². The summed E-state index contributed by atoms with van der Waals surface area (Å²) < 4.78 is 15.4. The van der Waals surface area contributed by atoms with Crippen molar-refractivity contribution in [1.82, 2.24) is 29.9 Å². The van der Waals surface area contributed by atoms with Crippen LogP contribution in [0.1, 0.15) is 13.3 Å². The Morgan fingerprint density at radius 1 is 1.26 bits per heavy atom. The van der Waals surface area contributed by atoms with E-state index < -0.39 is 0 Å². The fourth-order valence-electron chi connectivity index (χ4n) is 2.68. The minimum absolute atomic E-state index is 0.286. The molecular formula is C16H15FN6. The summed E-state index contributed by atoms with van der Waals surface area (Å²) >= 11 is 0. The molecule has 1 aromatic carbocycles. The number of H-pyrrole nitrogens is 2. The third-order valence-corrected chi connectivity index (χ3v) is 3.73. The lowest BCUT2D eigenvalue weighted by Gasteiger charge is -2.01. The number of hydrogen-bond donors (Lipinski definition) is 2. The van der Waals surface area contributed by atoms with Crippen molar-refractivity contribution in [3.05, 3.63) is 42.5 Å². The van der Waals surface area contributed by atoms with Gasteiger partial charge in [-0.2, -0.15) is 10.2 Å². The molecule has 0 aliphatic heterocycles. The minimum atomic E-state index is -0.286. The van der Waals surface area contributed by atoms with E-state index in [1.165, 1.54) is 12.1 Å². The maximum Gasteiger partial charge on any atom is 0.176 e. The Hall–Kier alpha value is -2.96. The number of aromatic amines is 2. The summed E-state index contributed by atoms with van der Waals surface area (Å²) in [5.41, 5.74) is 3.95. The first-order valence-corrected chi connectivity index (χ1v) is 7.47. The molecule has 23 heavy (non-hydrogen) atoms. The van der Waals surface area contributed by atoms with E-state index in [-0.39, 0.29) is 5.82 Å². The Morgan fingerprint density at radius 3 is 3.00 bits per heavy atom. The van der Waals surface area contributed by atoms with E-state index in [1.807, 2.05) is 10.7 Å². The van der Waals surface area contributed by atoms with E-state index >= 15 is 0 Å². The summed E-state index contributed by atoms with van der Waals surface area (Å²) in [5.74, 6) is 0.404. The number of aromatic nitrogens is 6. The highest BCUT2D eigenvalue weighted by atomic mass is 19.1. The van der Waals surface area contributed by atoms with Gasteiger partial charge in [0.05, 0.1) is 23.7 Å². The summed E-state index contributed by atoms with van der Waals surface area (Å²) in [4.78, 5) is 7.89. The molecule has 0 unspecified atom stereocenters. The van der Waals surface area contributed by atoms with Crippen LogP contribution in [-0.2, 0) is 6.54 Å². The van der Waals surface area contributed by atoms with Crippen LogP contribution in [0.3, 0.4) is 0 Å². The van der Waals surface area contributed by atoms with Crippen LogP contribution in [0, 0.1) is 5.82 Å². The molecule has 0 saturated carbocycles. The number of nitrogens with zero attached hydrogens (tertiary/aromatic N) is 4.